The highest BCUT2D eigenvalue weighted by molar-refractivity contribution is 5.40. The van der Waals surface area contributed by atoms with Crippen molar-refractivity contribution in [3.8, 4) is 5.75 Å². The Kier molecular flexibility index (Phi) is 8.05. The first-order chi connectivity index (χ1) is 12.7. The molecule has 1 atom stereocenters. The molecule has 5 nitrogen and oxygen atoms in total. The van der Waals surface area contributed by atoms with E-state index in [4.69, 9.17) is 4.74 Å². The molecule has 0 aliphatic carbocycles. The summed E-state index contributed by atoms with van der Waals surface area (Å²) in [6.45, 7) is 3.52. The predicted octanol–water partition coefficient (Wildman–Crippen LogP) is 0.408. The first kappa shape index (κ1) is 21.6. The first-order valence-corrected chi connectivity index (χ1v) is 9.68. The maximum absolute atomic E-state index is 11.6. The van der Waals surface area contributed by atoms with Crippen LogP contribution in [0.2, 0.25) is 0 Å². The van der Waals surface area contributed by atoms with Crippen LogP contribution in [0, 0.1) is 0 Å². The van der Waals surface area contributed by atoms with Gasteiger partial charge in [0.2, 0.25) is 5.72 Å². The fourth-order valence-electron chi connectivity index (χ4n) is 3.67. The van der Waals surface area contributed by atoms with Gasteiger partial charge < -0.3 is 26.8 Å². The third-order valence-electron chi connectivity index (χ3n) is 5.17. The highest BCUT2D eigenvalue weighted by Gasteiger charge is 2.51. The van der Waals surface area contributed by atoms with Crippen LogP contribution in [0.4, 0.5) is 5.95 Å². The normalized spacial score (nSPS) is 18.1. The highest BCUT2D eigenvalue weighted by atomic mass is 79.9. The molecule has 6 heteroatoms. The molecule has 0 amide bonds. The van der Waals surface area contributed by atoms with Crippen molar-refractivity contribution in [2.45, 2.75) is 57.7 Å². The topological polar surface area (TPSA) is 49.5 Å². The summed E-state index contributed by atoms with van der Waals surface area (Å²) in [6, 6.07) is 9.60. The molecular weight excluding hydrogens is 406 g/mol. The summed E-state index contributed by atoms with van der Waals surface area (Å²) in [5, 5.41) is 11.6. The van der Waals surface area contributed by atoms with Crippen LogP contribution in [-0.4, -0.2) is 23.7 Å². The van der Waals surface area contributed by atoms with Crippen molar-refractivity contribution < 1.29 is 31.4 Å². The van der Waals surface area contributed by atoms with Crippen LogP contribution in [0.1, 0.15) is 51.0 Å². The maximum Gasteiger partial charge on any atom is 0.396 e. The van der Waals surface area contributed by atoms with Crippen LogP contribution in [0.25, 0.3) is 0 Å². The van der Waals surface area contributed by atoms with Crippen molar-refractivity contribution in [1.82, 2.24) is 4.98 Å². The number of halogens is 1. The lowest BCUT2D eigenvalue weighted by atomic mass is 10.0. The van der Waals surface area contributed by atoms with Crippen molar-refractivity contribution in [3.05, 3.63) is 48.3 Å². The Bertz CT molecular complexity index is 711. The van der Waals surface area contributed by atoms with Gasteiger partial charge in [-0.2, -0.15) is 0 Å². The second-order valence-corrected chi connectivity index (χ2v) is 7.01. The van der Waals surface area contributed by atoms with Gasteiger partial charge in [0.1, 0.15) is 18.5 Å². The summed E-state index contributed by atoms with van der Waals surface area (Å²) in [7, 11) is 1.65. The minimum atomic E-state index is -1.07. The lowest BCUT2D eigenvalue weighted by Crippen LogP contribution is -3.00. The molecule has 0 saturated heterocycles. The van der Waals surface area contributed by atoms with Crippen molar-refractivity contribution in [1.29, 1.82) is 0 Å². The standard InChI is InChI=1S/C21H30N3O2.BrH/c1-3-4-5-6-7-8-16-24-20-22-14-9-15-23(20)17-21(24,25)18-10-12-19(26-2)13-11-18;/h9-15,25H,3-8,16-17H2,1-2H3;1H/q+1;/p-1. The lowest BCUT2D eigenvalue weighted by molar-refractivity contribution is -0.685. The van der Waals surface area contributed by atoms with Gasteiger partial charge in [0.25, 0.3) is 0 Å². The third-order valence-corrected chi connectivity index (χ3v) is 5.17. The molecule has 0 fully saturated rings. The van der Waals surface area contributed by atoms with Crippen LogP contribution in [0.15, 0.2) is 42.7 Å². The number of hydrogen-bond acceptors (Lipinski definition) is 4. The van der Waals surface area contributed by atoms with E-state index in [-0.39, 0.29) is 17.0 Å². The van der Waals surface area contributed by atoms with E-state index < -0.39 is 5.72 Å². The van der Waals surface area contributed by atoms with Gasteiger partial charge in [-0.3, -0.25) is 0 Å². The number of nitrogens with zero attached hydrogens (tertiary/aromatic N) is 3. The molecule has 1 aromatic carbocycles. The average Bonchev–Trinajstić information content (AvgIpc) is 2.97. The monoisotopic (exact) mass is 435 g/mol. The summed E-state index contributed by atoms with van der Waals surface area (Å²) in [5.74, 6) is 1.63. The molecule has 2 heterocycles. The van der Waals surface area contributed by atoms with Crippen LogP contribution in [0.3, 0.4) is 0 Å². The maximum atomic E-state index is 11.6. The van der Waals surface area contributed by atoms with E-state index in [1.54, 1.807) is 13.3 Å². The van der Waals surface area contributed by atoms with E-state index in [0.29, 0.717) is 6.54 Å². The smallest absolute Gasteiger partial charge is 0.396 e. The Morgan fingerprint density at radius 1 is 1.15 bits per heavy atom. The van der Waals surface area contributed by atoms with Crippen molar-refractivity contribution >= 4 is 5.95 Å². The van der Waals surface area contributed by atoms with E-state index in [0.717, 1.165) is 30.2 Å². The zero-order valence-corrected chi connectivity index (χ0v) is 17.9. The first-order valence-electron chi connectivity index (χ1n) is 9.68. The number of aliphatic hydroxyl groups is 1. The second kappa shape index (κ2) is 10.0. The predicted molar refractivity (Wildman–Crippen MR) is 102 cm³/mol. The molecule has 3 rings (SSSR count). The summed E-state index contributed by atoms with van der Waals surface area (Å²) in [5.41, 5.74) is -0.202. The van der Waals surface area contributed by atoms with Gasteiger partial charge >= 0.3 is 5.95 Å². The van der Waals surface area contributed by atoms with E-state index >= 15 is 0 Å². The number of benzene rings is 1. The highest BCUT2D eigenvalue weighted by Crippen LogP contribution is 2.34. The quantitative estimate of drug-likeness (QED) is 0.457. The fourth-order valence-corrected chi connectivity index (χ4v) is 3.67. The lowest BCUT2D eigenvalue weighted by Gasteiger charge is -2.28. The minimum absolute atomic E-state index is 0. The van der Waals surface area contributed by atoms with Gasteiger partial charge in [0.05, 0.1) is 19.9 Å². The van der Waals surface area contributed by atoms with E-state index in [1.165, 1.54) is 32.1 Å². The largest absolute Gasteiger partial charge is 1.00 e. The van der Waals surface area contributed by atoms with Crippen LogP contribution < -0.4 is 31.2 Å². The Hall–Kier alpha value is -1.66. The number of unbranched alkanes of at least 4 members (excludes halogenated alkanes) is 5. The van der Waals surface area contributed by atoms with E-state index in [1.807, 2.05) is 41.1 Å². The van der Waals surface area contributed by atoms with Gasteiger partial charge in [-0.25, -0.2) is 9.47 Å². The SMILES string of the molecule is CCCCCCCCN1c2nccc[n+]2CC1(O)c1ccc(OC)cc1.[Br-]. The van der Waals surface area contributed by atoms with Crippen LogP contribution >= 0.6 is 0 Å². The Labute approximate surface area is 172 Å². The summed E-state index contributed by atoms with van der Waals surface area (Å²) >= 11 is 0. The van der Waals surface area contributed by atoms with Gasteiger partial charge in [-0.05, 0) is 30.7 Å². The molecule has 148 valence electrons. The van der Waals surface area contributed by atoms with Gasteiger partial charge in [-0.1, -0.05) is 44.0 Å². The van der Waals surface area contributed by atoms with Gasteiger partial charge in [0, 0.05) is 11.6 Å². The van der Waals surface area contributed by atoms with Crippen molar-refractivity contribution in [2.24, 2.45) is 0 Å². The molecule has 0 saturated carbocycles. The summed E-state index contributed by atoms with van der Waals surface area (Å²) in [6.07, 6.45) is 11.1. The molecule has 0 spiro atoms. The Morgan fingerprint density at radius 3 is 2.56 bits per heavy atom. The number of aromatic nitrogens is 2. The second-order valence-electron chi connectivity index (χ2n) is 7.01. The molecule has 0 radical (unpaired) electrons. The average molecular weight is 436 g/mol. The number of hydrogen-bond donors (Lipinski definition) is 1. The third kappa shape index (κ3) is 4.79. The molecule has 2 aromatic rings. The van der Waals surface area contributed by atoms with Crippen molar-refractivity contribution in [3.63, 3.8) is 0 Å². The van der Waals surface area contributed by atoms with Crippen LogP contribution in [0.5, 0.6) is 5.75 Å². The van der Waals surface area contributed by atoms with Crippen molar-refractivity contribution in [2.75, 3.05) is 18.6 Å². The zero-order valence-electron chi connectivity index (χ0n) is 16.3. The molecule has 0 bridgehead atoms. The van der Waals surface area contributed by atoms with Gasteiger partial charge in [0.15, 0.2) is 0 Å². The molecule has 27 heavy (non-hydrogen) atoms. The number of rotatable bonds is 9. The molecule has 1 unspecified atom stereocenters. The number of anilines is 1. The minimum Gasteiger partial charge on any atom is -1.00 e. The fraction of sp³-hybridized carbons (Fsp3) is 0.524. The summed E-state index contributed by atoms with van der Waals surface area (Å²) < 4.78 is 7.28. The Morgan fingerprint density at radius 2 is 1.85 bits per heavy atom. The zero-order chi connectivity index (χ0) is 18.4. The van der Waals surface area contributed by atoms with Crippen LogP contribution in [-0.2, 0) is 12.3 Å². The molecule has 1 N–H and O–H groups in total. The van der Waals surface area contributed by atoms with E-state index in [9.17, 15) is 5.11 Å². The number of ether oxygens (including phenoxy) is 1. The Balaban J connectivity index is 0.00000261. The molecule has 1 aliphatic rings. The number of methoxy groups -OCH3 is 1. The molecule has 1 aromatic heterocycles. The van der Waals surface area contributed by atoms with E-state index in [2.05, 4.69) is 16.8 Å². The summed E-state index contributed by atoms with van der Waals surface area (Å²) in [4.78, 5) is 6.58. The van der Waals surface area contributed by atoms with Gasteiger partial charge in [-0.15, -0.1) is 0 Å². The molecule has 1 aliphatic heterocycles. The molecular formula is C21H30BrN3O2. The number of fused-ring (bicyclic) bond motifs is 1.